The van der Waals surface area contributed by atoms with Crippen LogP contribution in [0.1, 0.15) is 35.8 Å². The highest BCUT2D eigenvalue weighted by Gasteiger charge is 2.26. The smallest absolute Gasteiger partial charge is 0.341 e. The SMILES string of the molecule is CCOC(=O)c1cnn(-c2cccc(NC(=O)C(N)C3CCOCC3)c2)c1C.Cl. The fraction of sp³-hybridized carbons (Fsp3) is 0.450. The molecule has 3 rings (SSSR count). The largest absolute Gasteiger partial charge is 0.462 e. The summed E-state index contributed by atoms with van der Waals surface area (Å²) in [6.07, 6.45) is 3.06. The maximum atomic E-state index is 12.5. The van der Waals surface area contributed by atoms with Crippen LogP contribution in [-0.4, -0.2) is 47.5 Å². The van der Waals surface area contributed by atoms with Gasteiger partial charge in [0.05, 0.1) is 30.2 Å². The minimum absolute atomic E-state index is 0. The molecule has 1 fully saturated rings. The Morgan fingerprint density at radius 3 is 2.79 bits per heavy atom. The second-order valence-electron chi connectivity index (χ2n) is 6.79. The summed E-state index contributed by atoms with van der Waals surface area (Å²) in [7, 11) is 0. The van der Waals surface area contributed by atoms with Crippen molar-refractivity contribution in [1.29, 1.82) is 0 Å². The van der Waals surface area contributed by atoms with Crippen molar-refractivity contribution >= 4 is 30.0 Å². The molecule has 9 heteroatoms. The van der Waals surface area contributed by atoms with Gasteiger partial charge in [-0.25, -0.2) is 9.48 Å². The highest BCUT2D eigenvalue weighted by molar-refractivity contribution is 5.95. The van der Waals surface area contributed by atoms with Gasteiger partial charge in [0.1, 0.15) is 5.56 Å². The zero-order valence-corrected chi connectivity index (χ0v) is 17.4. The summed E-state index contributed by atoms with van der Waals surface area (Å²) in [5.41, 5.74) is 8.57. The lowest BCUT2D eigenvalue weighted by atomic mass is 9.92. The van der Waals surface area contributed by atoms with Gasteiger partial charge in [0.15, 0.2) is 0 Å². The molecule has 1 aromatic carbocycles. The summed E-state index contributed by atoms with van der Waals surface area (Å²) in [5, 5.41) is 7.16. The van der Waals surface area contributed by atoms with Crippen molar-refractivity contribution in [3.63, 3.8) is 0 Å². The third kappa shape index (κ3) is 5.35. The van der Waals surface area contributed by atoms with Gasteiger partial charge in [-0.2, -0.15) is 5.10 Å². The highest BCUT2D eigenvalue weighted by atomic mass is 35.5. The number of anilines is 1. The molecule has 1 aromatic heterocycles. The Morgan fingerprint density at radius 1 is 1.38 bits per heavy atom. The summed E-state index contributed by atoms with van der Waals surface area (Å²) in [6, 6.07) is 6.68. The molecule has 1 aliphatic rings. The second kappa shape index (κ2) is 10.4. The molecule has 29 heavy (non-hydrogen) atoms. The van der Waals surface area contributed by atoms with Crippen LogP contribution in [0.2, 0.25) is 0 Å². The molecule has 8 nitrogen and oxygen atoms in total. The monoisotopic (exact) mass is 422 g/mol. The number of amides is 1. The molecular formula is C20H27ClN4O4. The summed E-state index contributed by atoms with van der Waals surface area (Å²) in [4.78, 5) is 24.5. The van der Waals surface area contributed by atoms with Gasteiger partial charge in [-0.05, 0) is 50.8 Å². The van der Waals surface area contributed by atoms with E-state index in [1.807, 2.05) is 12.1 Å². The van der Waals surface area contributed by atoms with E-state index in [0.29, 0.717) is 36.8 Å². The Hall–Kier alpha value is -2.42. The molecule has 158 valence electrons. The zero-order valence-electron chi connectivity index (χ0n) is 16.6. The average Bonchev–Trinajstić information content (AvgIpc) is 3.10. The van der Waals surface area contributed by atoms with E-state index < -0.39 is 12.0 Å². The van der Waals surface area contributed by atoms with Crippen LogP contribution in [0.5, 0.6) is 0 Å². The molecule has 1 atom stereocenters. The Kier molecular flexibility index (Phi) is 8.19. The lowest BCUT2D eigenvalue weighted by molar-refractivity contribution is -0.119. The predicted molar refractivity (Wildman–Crippen MR) is 112 cm³/mol. The van der Waals surface area contributed by atoms with Crippen molar-refractivity contribution < 1.29 is 19.1 Å². The van der Waals surface area contributed by atoms with E-state index in [1.54, 1.807) is 30.7 Å². The number of nitrogens with zero attached hydrogens (tertiary/aromatic N) is 2. The summed E-state index contributed by atoms with van der Waals surface area (Å²) < 4.78 is 12.0. The van der Waals surface area contributed by atoms with E-state index in [0.717, 1.165) is 18.5 Å². The molecule has 0 spiro atoms. The van der Waals surface area contributed by atoms with Crippen LogP contribution in [0.15, 0.2) is 30.5 Å². The minimum Gasteiger partial charge on any atom is -0.462 e. The Bertz CT molecular complexity index is 849. The quantitative estimate of drug-likeness (QED) is 0.692. The molecule has 3 N–H and O–H groups in total. The number of aromatic nitrogens is 2. The van der Waals surface area contributed by atoms with Crippen LogP contribution in [0.4, 0.5) is 5.69 Å². The number of benzene rings is 1. The number of hydrogen-bond donors (Lipinski definition) is 2. The number of halogens is 1. The predicted octanol–water partition coefficient (Wildman–Crippen LogP) is 2.47. The number of nitrogens with one attached hydrogen (secondary N) is 1. The molecule has 0 radical (unpaired) electrons. The Labute approximate surface area is 176 Å². The molecular weight excluding hydrogens is 396 g/mol. The van der Waals surface area contributed by atoms with Gasteiger partial charge in [0.2, 0.25) is 5.91 Å². The molecule has 1 saturated heterocycles. The fourth-order valence-corrected chi connectivity index (χ4v) is 3.31. The van der Waals surface area contributed by atoms with Gasteiger partial charge < -0.3 is 20.5 Å². The van der Waals surface area contributed by atoms with E-state index in [2.05, 4.69) is 10.4 Å². The first kappa shape index (κ1) is 22.9. The van der Waals surface area contributed by atoms with E-state index in [1.165, 1.54) is 6.20 Å². The van der Waals surface area contributed by atoms with Crippen molar-refractivity contribution in [3.05, 3.63) is 41.7 Å². The van der Waals surface area contributed by atoms with Crippen LogP contribution in [0.25, 0.3) is 5.69 Å². The number of esters is 1. The number of carbonyl (C=O) groups is 2. The molecule has 0 bridgehead atoms. The van der Waals surface area contributed by atoms with E-state index in [9.17, 15) is 9.59 Å². The van der Waals surface area contributed by atoms with Gasteiger partial charge in [-0.15, -0.1) is 12.4 Å². The number of carbonyl (C=O) groups excluding carboxylic acids is 2. The fourth-order valence-electron chi connectivity index (χ4n) is 3.31. The summed E-state index contributed by atoms with van der Waals surface area (Å²) >= 11 is 0. The van der Waals surface area contributed by atoms with Crippen molar-refractivity contribution in [3.8, 4) is 5.69 Å². The number of hydrogen-bond acceptors (Lipinski definition) is 6. The van der Waals surface area contributed by atoms with Crippen molar-refractivity contribution in [2.45, 2.75) is 32.7 Å². The Morgan fingerprint density at radius 2 is 2.10 bits per heavy atom. The van der Waals surface area contributed by atoms with Gasteiger partial charge in [-0.1, -0.05) is 6.07 Å². The highest BCUT2D eigenvalue weighted by Crippen LogP contribution is 2.21. The lowest BCUT2D eigenvalue weighted by Crippen LogP contribution is -2.44. The minimum atomic E-state index is -0.575. The first-order valence-corrected chi connectivity index (χ1v) is 9.47. The normalized spacial score (nSPS) is 15.3. The number of ether oxygens (including phenoxy) is 2. The van der Waals surface area contributed by atoms with Crippen LogP contribution >= 0.6 is 12.4 Å². The molecule has 0 saturated carbocycles. The second-order valence-corrected chi connectivity index (χ2v) is 6.79. The molecule has 1 aliphatic heterocycles. The molecule has 1 unspecified atom stereocenters. The topological polar surface area (TPSA) is 108 Å². The van der Waals surface area contributed by atoms with Crippen molar-refractivity contribution in [2.24, 2.45) is 11.7 Å². The van der Waals surface area contributed by atoms with Crippen molar-refractivity contribution in [2.75, 3.05) is 25.1 Å². The standard InChI is InChI=1S/C20H26N4O4.ClH/c1-3-28-20(26)17-12-22-24(13(17)2)16-6-4-5-15(11-16)23-19(25)18(21)14-7-9-27-10-8-14;/h4-6,11-12,14,18H,3,7-10,21H2,1-2H3,(H,23,25);1H. The first-order valence-electron chi connectivity index (χ1n) is 9.47. The van der Waals surface area contributed by atoms with Gasteiger partial charge >= 0.3 is 5.97 Å². The molecule has 2 aromatic rings. The summed E-state index contributed by atoms with van der Waals surface area (Å²) in [6.45, 7) is 5.14. The van der Waals surface area contributed by atoms with Crippen molar-refractivity contribution in [1.82, 2.24) is 9.78 Å². The van der Waals surface area contributed by atoms with Crippen LogP contribution in [0, 0.1) is 12.8 Å². The lowest BCUT2D eigenvalue weighted by Gasteiger charge is -2.26. The maximum absolute atomic E-state index is 12.5. The van der Waals surface area contributed by atoms with Gasteiger partial charge in [0.25, 0.3) is 0 Å². The first-order chi connectivity index (χ1) is 13.5. The van der Waals surface area contributed by atoms with Crippen LogP contribution in [-0.2, 0) is 14.3 Å². The van der Waals surface area contributed by atoms with Gasteiger partial charge in [0, 0.05) is 18.9 Å². The Balaban J connectivity index is 0.00000300. The third-order valence-electron chi connectivity index (χ3n) is 4.94. The average molecular weight is 423 g/mol. The third-order valence-corrected chi connectivity index (χ3v) is 4.94. The number of rotatable bonds is 6. The van der Waals surface area contributed by atoms with Crippen LogP contribution < -0.4 is 11.1 Å². The summed E-state index contributed by atoms with van der Waals surface area (Å²) in [5.74, 6) is -0.496. The van der Waals surface area contributed by atoms with E-state index >= 15 is 0 Å². The molecule has 0 aliphatic carbocycles. The van der Waals surface area contributed by atoms with Gasteiger partial charge in [-0.3, -0.25) is 4.79 Å². The maximum Gasteiger partial charge on any atom is 0.341 e. The van der Waals surface area contributed by atoms with E-state index in [4.69, 9.17) is 15.2 Å². The molecule has 2 heterocycles. The van der Waals surface area contributed by atoms with E-state index in [-0.39, 0.29) is 24.2 Å². The van der Waals surface area contributed by atoms with Crippen LogP contribution in [0.3, 0.4) is 0 Å². The molecule has 1 amide bonds. The number of nitrogens with two attached hydrogens (primary N) is 1. The zero-order chi connectivity index (χ0) is 20.1.